The largest absolute Gasteiger partial charge is 0.463 e. The second-order valence-electron chi connectivity index (χ2n) is 12.1. The number of anilines is 1. The fourth-order valence-corrected chi connectivity index (χ4v) is 6.93. The average molecular weight is 606 g/mol. The van der Waals surface area contributed by atoms with Crippen molar-refractivity contribution in [2.45, 2.75) is 6.23 Å². The number of nitrogens with zero attached hydrogens (tertiary/aromatic N) is 3. The zero-order valence-electron chi connectivity index (χ0n) is 25.9. The molecule has 9 rings (SSSR count). The van der Waals surface area contributed by atoms with Gasteiger partial charge in [0, 0.05) is 34.8 Å². The Hall–Kier alpha value is -6.13. The minimum atomic E-state index is -0.168. The molecule has 1 aliphatic heterocycles. The predicted molar refractivity (Wildman–Crippen MR) is 193 cm³/mol. The second kappa shape index (κ2) is 11.0. The van der Waals surface area contributed by atoms with Crippen LogP contribution in [0, 0.1) is 0 Å². The first kappa shape index (κ1) is 27.2. The number of benzene rings is 6. The minimum absolute atomic E-state index is 0.168. The molecule has 1 aliphatic rings. The average Bonchev–Trinajstić information content (AvgIpc) is 3.67. The molecule has 0 bridgehead atoms. The molecule has 1 atom stereocenters. The van der Waals surface area contributed by atoms with E-state index in [1.807, 2.05) is 12.1 Å². The van der Waals surface area contributed by atoms with E-state index in [-0.39, 0.29) is 6.23 Å². The molecule has 2 aromatic heterocycles. The standard InChI is InChI=1S/C43H31N3O/c1-45-40-26-25-39-41(42(40)47-43(45)32-17-9-4-10-18-32)35-19-11-12-20-38(35)46(39)34-23-21-31(22-24-34)37-28-33(29-13-5-2-6-14-29)27-36(44-37)30-15-7-3-8-16-30/h2-28,43H,1H3. The number of para-hydroxylation sites is 1. The Morgan fingerprint density at radius 1 is 0.532 bits per heavy atom. The lowest BCUT2D eigenvalue weighted by Gasteiger charge is -2.20. The third-order valence-corrected chi connectivity index (χ3v) is 9.24. The Kier molecular flexibility index (Phi) is 6.39. The van der Waals surface area contributed by atoms with E-state index in [0.29, 0.717) is 0 Å². The summed E-state index contributed by atoms with van der Waals surface area (Å²) >= 11 is 0. The van der Waals surface area contributed by atoms with E-state index in [1.165, 1.54) is 10.9 Å². The summed E-state index contributed by atoms with van der Waals surface area (Å²) in [6.07, 6.45) is -0.168. The Labute approximate surface area is 273 Å². The number of hydrogen-bond acceptors (Lipinski definition) is 3. The van der Waals surface area contributed by atoms with Crippen molar-refractivity contribution in [3.8, 4) is 45.1 Å². The molecule has 0 amide bonds. The predicted octanol–water partition coefficient (Wildman–Crippen LogP) is 10.7. The van der Waals surface area contributed by atoms with E-state index in [9.17, 15) is 0 Å². The summed E-state index contributed by atoms with van der Waals surface area (Å²) in [5.74, 6) is 0.931. The highest BCUT2D eigenvalue weighted by Crippen LogP contribution is 2.50. The van der Waals surface area contributed by atoms with Crippen LogP contribution >= 0.6 is 0 Å². The third kappa shape index (κ3) is 4.57. The summed E-state index contributed by atoms with van der Waals surface area (Å²) in [4.78, 5) is 7.37. The molecule has 3 heterocycles. The molecule has 0 saturated carbocycles. The van der Waals surface area contributed by atoms with Crippen molar-refractivity contribution < 1.29 is 4.74 Å². The number of aromatic nitrogens is 2. The SMILES string of the molecule is CN1c2ccc3c(c2OC1c1ccccc1)c1ccccc1n3-c1ccc(-c2cc(-c3ccccc3)cc(-c3ccccc3)n2)cc1. The normalized spacial score (nSPS) is 14.0. The van der Waals surface area contributed by atoms with Crippen LogP contribution in [0.4, 0.5) is 5.69 Å². The summed E-state index contributed by atoms with van der Waals surface area (Å²) < 4.78 is 9.10. The van der Waals surface area contributed by atoms with Crippen LogP contribution in [0.3, 0.4) is 0 Å². The molecule has 4 nitrogen and oxygen atoms in total. The number of ether oxygens (including phenoxy) is 1. The molecule has 0 spiro atoms. The summed E-state index contributed by atoms with van der Waals surface area (Å²) in [5, 5.41) is 2.31. The summed E-state index contributed by atoms with van der Waals surface area (Å²) in [7, 11) is 2.11. The van der Waals surface area contributed by atoms with Gasteiger partial charge in [-0.25, -0.2) is 4.98 Å². The zero-order chi connectivity index (χ0) is 31.3. The van der Waals surface area contributed by atoms with Crippen molar-refractivity contribution in [2.24, 2.45) is 0 Å². The number of hydrogen-bond donors (Lipinski definition) is 0. The van der Waals surface area contributed by atoms with E-state index in [4.69, 9.17) is 9.72 Å². The van der Waals surface area contributed by atoms with Crippen LogP contribution in [-0.2, 0) is 0 Å². The Morgan fingerprint density at radius 2 is 1.13 bits per heavy atom. The number of pyridine rings is 1. The van der Waals surface area contributed by atoms with Crippen LogP contribution in [0.5, 0.6) is 5.75 Å². The van der Waals surface area contributed by atoms with Crippen molar-refractivity contribution >= 4 is 27.5 Å². The first-order valence-electron chi connectivity index (χ1n) is 16.0. The summed E-state index contributed by atoms with van der Waals surface area (Å²) in [6, 6.07) is 57.5. The maximum atomic E-state index is 6.75. The fourth-order valence-electron chi connectivity index (χ4n) is 6.93. The topological polar surface area (TPSA) is 30.3 Å². The molecule has 6 aromatic carbocycles. The first-order valence-corrected chi connectivity index (χ1v) is 16.0. The summed E-state index contributed by atoms with van der Waals surface area (Å²) in [6.45, 7) is 0. The van der Waals surface area contributed by atoms with Gasteiger partial charge >= 0.3 is 0 Å². The van der Waals surface area contributed by atoms with E-state index < -0.39 is 0 Å². The molecule has 1 unspecified atom stereocenters. The van der Waals surface area contributed by atoms with E-state index >= 15 is 0 Å². The van der Waals surface area contributed by atoms with Crippen molar-refractivity contribution in [3.05, 3.63) is 169 Å². The van der Waals surface area contributed by atoms with Crippen LogP contribution in [0.1, 0.15) is 11.8 Å². The van der Waals surface area contributed by atoms with Crippen LogP contribution < -0.4 is 9.64 Å². The van der Waals surface area contributed by atoms with Gasteiger partial charge in [-0.3, -0.25) is 0 Å². The molecule has 0 saturated heterocycles. The smallest absolute Gasteiger partial charge is 0.198 e. The van der Waals surface area contributed by atoms with Gasteiger partial charge in [0.1, 0.15) is 0 Å². The van der Waals surface area contributed by atoms with Gasteiger partial charge in [-0.2, -0.15) is 0 Å². The molecule has 0 aliphatic carbocycles. The number of rotatable bonds is 5. The molecule has 224 valence electrons. The molecule has 47 heavy (non-hydrogen) atoms. The highest BCUT2D eigenvalue weighted by Gasteiger charge is 2.32. The van der Waals surface area contributed by atoms with Crippen LogP contribution in [0.15, 0.2) is 164 Å². The van der Waals surface area contributed by atoms with E-state index in [0.717, 1.165) is 67.2 Å². The maximum Gasteiger partial charge on any atom is 0.198 e. The second-order valence-corrected chi connectivity index (χ2v) is 12.1. The van der Waals surface area contributed by atoms with Gasteiger partial charge in [-0.05, 0) is 53.6 Å². The van der Waals surface area contributed by atoms with E-state index in [1.54, 1.807) is 0 Å². The molecular weight excluding hydrogens is 574 g/mol. The quantitative estimate of drug-likeness (QED) is 0.196. The highest BCUT2D eigenvalue weighted by molar-refractivity contribution is 6.14. The molecule has 4 heteroatoms. The molecule has 0 radical (unpaired) electrons. The minimum Gasteiger partial charge on any atom is -0.463 e. The van der Waals surface area contributed by atoms with Crippen molar-refractivity contribution in [2.75, 3.05) is 11.9 Å². The highest BCUT2D eigenvalue weighted by atomic mass is 16.5. The molecule has 8 aromatic rings. The van der Waals surface area contributed by atoms with Gasteiger partial charge < -0.3 is 14.2 Å². The van der Waals surface area contributed by atoms with Gasteiger partial charge in [0.15, 0.2) is 12.0 Å². The Balaban J connectivity index is 1.16. The third-order valence-electron chi connectivity index (χ3n) is 9.24. The zero-order valence-corrected chi connectivity index (χ0v) is 25.9. The Bertz CT molecular complexity index is 2320. The van der Waals surface area contributed by atoms with Gasteiger partial charge in [0.2, 0.25) is 0 Å². The van der Waals surface area contributed by atoms with Crippen LogP contribution in [0.2, 0.25) is 0 Å². The van der Waals surface area contributed by atoms with Gasteiger partial charge in [0.05, 0.1) is 33.5 Å². The van der Waals surface area contributed by atoms with Crippen molar-refractivity contribution in [3.63, 3.8) is 0 Å². The summed E-state index contributed by atoms with van der Waals surface area (Å²) in [5.41, 5.74) is 12.0. The van der Waals surface area contributed by atoms with Crippen molar-refractivity contribution in [1.29, 1.82) is 0 Å². The monoisotopic (exact) mass is 605 g/mol. The van der Waals surface area contributed by atoms with E-state index in [2.05, 4.69) is 168 Å². The lowest BCUT2D eigenvalue weighted by atomic mass is 10.00. The van der Waals surface area contributed by atoms with Gasteiger partial charge in [0.25, 0.3) is 0 Å². The van der Waals surface area contributed by atoms with Gasteiger partial charge in [-0.1, -0.05) is 121 Å². The van der Waals surface area contributed by atoms with Crippen LogP contribution in [-0.4, -0.2) is 16.6 Å². The fraction of sp³-hybridized carbons (Fsp3) is 0.0465. The van der Waals surface area contributed by atoms with Crippen molar-refractivity contribution in [1.82, 2.24) is 9.55 Å². The number of fused-ring (bicyclic) bond motifs is 5. The first-order chi connectivity index (χ1) is 23.2. The van der Waals surface area contributed by atoms with Gasteiger partial charge in [-0.15, -0.1) is 0 Å². The van der Waals surface area contributed by atoms with Crippen LogP contribution in [0.25, 0.3) is 61.1 Å². The lowest BCUT2D eigenvalue weighted by molar-refractivity contribution is 0.238. The maximum absolute atomic E-state index is 6.75. The lowest BCUT2D eigenvalue weighted by Crippen LogP contribution is -2.22. The Morgan fingerprint density at radius 3 is 1.83 bits per heavy atom. The molecule has 0 N–H and O–H groups in total. The molecular formula is C43H31N3O. The molecule has 0 fully saturated rings.